The Morgan fingerprint density at radius 3 is 2.66 bits per heavy atom. The maximum Gasteiger partial charge on any atom is 0.303 e. The fourth-order valence-corrected chi connectivity index (χ4v) is 4.32. The predicted octanol–water partition coefficient (Wildman–Crippen LogP) is 4.83. The van der Waals surface area contributed by atoms with Gasteiger partial charge in [0.05, 0.1) is 0 Å². The molecule has 0 bridgehead atoms. The van der Waals surface area contributed by atoms with Crippen molar-refractivity contribution in [3.05, 3.63) is 77.1 Å². The van der Waals surface area contributed by atoms with Gasteiger partial charge in [-0.25, -0.2) is 0 Å². The molecule has 0 amide bonds. The third kappa shape index (κ3) is 5.21. The second-order valence-electron chi connectivity index (χ2n) is 8.08. The minimum atomic E-state index is -0.752. The Morgan fingerprint density at radius 2 is 1.83 bits per heavy atom. The fraction of sp³-hybridized carbons (Fsp3) is 0.360. The third-order valence-corrected chi connectivity index (χ3v) is 5.77. The van der Waals surface area contributed by atoms with Crippen LogP contribution in [0.5, 0.6) is 0 Å². The number of carbonyl (C=O) groups is 1. The zero-order valence-corrected chi connectivity index (χ0v) is 16.8. The van der Waals surface area contributed by atoms with E-state index < -0.39 is 5.97 Å². The van der Waals surface area contributed by atoms with Crippen molar-refractivity contribution < 1.29 is 9.90 Å². The van der Waals surface area contributed by atoms with Crippen LogP contribution in [0.1, 0.15) is 47.9 Å². The first-order valence-corrected chi connectivity index (χ1v) is 10.5. The van der Waals surface area contributed by atoms with Crippen LogP contribution in [-0.4, -0.2) is 34.0 Å². The Bertz CT molecular complexity index is 993. The summed E-state index contributed by atoms with van der Waals surface area (Å²) < 4.78 is 0. The smallest absolute Gasteiger partial charge is 0.303 e. The summed E-state index contributed by atoms with van der Waals surface area (Å²) in [6.45, 7) is 3.38. The molecule has 150 valence electrons. The maximum atomic E-state index is 10.9. The number of pyridine rings is 1. The Balaban J connectivity index is 1.60. The van der Waals surface area contributed by atoms with Gasteiger partial charge >= 0.3 is 5.97 Å². The van der Waals surface area contributed by atoms with Crippen LogP contribution in [0.4, 0.5) is 0 Å². The minimum absolute atomic E-state index is 0.168. The van der Waals surface area contributed by atoms with Crippen molar-refractivity contribution in [3.63, 3.8) is 0 Å². The Morgan fingerprint density at radius 1 is 1.00 bits per heavy atom. The van der Waals surface area contributed by atoms with Crippen LogP contribution in [0.2, 0.25) is 0 Å². The first-order valence-electron chi connectivity index (χ1n) is 10.5. The second kappa shape index (κ2) is 9.19. The number of aromatic nitrogens is 1. The number of carboxylic acid groups (broad SMARTS) is 1. The zero-order chi connectivity index (χ0) is 20.1. The molecule has 1 fully saturated rings. The molecule has 2 aromatic carbocycles. The van der Waals surface area contributed by atoms with Crippen LogP contribution in [0.25, 0.3) is 10.8 Å². The molecule has 2 heterocycles. The van der Waals surface area contributed by atoms with Crippen molar-refractivity contribution in [1.29, 1.82) is 0 Å². The van der Waals surface area contributed by atoms with Crippen LogP contribution >= 0.6 is 0 Å². The highest BCUT2D eigenvalue weighted by atomic mass is 16.4. The first kappa shape index (κ1) is 19.6. The van der Waals surface area contributed by atoms with Gasteiger partial charge in [0.2, 0.25) is 0 Å². The number of benzene rings is 2. The van der Waals surface area contributed by atoms with Crippen molar-refractivity contribution in [2.45, 2.75) is 45.1 Å². The molecule has 1 saturated heterocycles. The van der Waals surface area contributed by atoms with E-state index in [1.54, 1.807) is 0 Å². The SMILES string of the molecule is O=C(O)CCc1cccc(Cc2cc(CN3CCCCC3)cc3ccncc23)c1. The van der Waals surface area contributed by atoms with Gasteiger partial charge in [-0.15, -0.1) is 0 Å². The molecule has 0 unspecified atom stereocenters. The van der Waals surface area contributed by atoms with Crippen LogP contribution in [-0.2, 0) is 24.2 Å². The van der Waals surface area contributed by atoms with Crippen LogP contribution in [0.3, 0.4) is 0 Å². The normalized spacial score (nSPS) is 14.9. The molecule has 0 saturated carbocycles. The quantitative estimate of drug-likeness (QED) is 0.630. The molecule has 1 aromatic heterocycles. The third-order valence-electron chi connectivity index (χ3n) is 5.77. The van der Waals surface area contributed by atoms with E-state index in [4.69, 9.17) is 5.11 Å². The number of rotatable bonds is 7. The molecule has 1 aliphatic heterocycles. The number of carboxylic acids is 1. The molecule has 1 aliphatic rings. The average Bonchev–Trinajstić information content (AvgIpc) is 2.73. The van der Waals surface area contributed by atoms with E-state index in [0.717, 1.165) is 18.5 Å². The molecule has 4 nitrogen and oxygen atoms in total. The van der Waals surface area contributed by atoms with Gasteiger partial charge < -0.3 is 5.11 Å². The summed E-state index contributed by atoms with van der Waals surface area (Å²) in [7, 11) is 0. The van der Waals surface area contributed by atoms with Gasteiger partial charge in [0.25, 0.3) is 0 Å². The van der Waals surface area contributed by atoms with Gasteiger partial charge in [-0.05, 0) is 78.5 Å². The molecule has 0 aliphatic carbocycles. The van der Waals surface area contributed by atoms with Gasteiger partial charge in [0, 0.05) is 30.7 Å². The molecule has 0 radical (unpaired) electrons. The first-order chi connectivity index (χ1) is 14.2. The van der Waals surface area contributed by atoms with Crippen molar-refractivity contribution in [2.75, 3.05) is 13.1 Å². The lowest BCUT2D eigenvalue weighted by molar-refractivity contribution is -0.136. The molecular formula is C25H28N2O2. The molecule has 4 heteroatoms. The minimum Gasteiger partial charge on any atom is -0.481 e. The van der Waals surface area contributed by atoms with Crippen LogP contribution in [0.15, 0.2) is 54.9 Å². The molecule has 29 heavy (non-hydrogen) atoms. The number of aryl methyl sites for hydroxylation is 1. The Kier molecular flexibility index (Phi) is 6.20. The highest BCUT2D eigenvalue weighted by Gasteiger charge is 2.13. The highest BCUT2D eigenvalue weighted by Crippen LogP contribution is 2.25. The summed E-state index contributed by atoms with van der Waals surface area (Å²) in [5.41, 5.74) is 4.95. The predicted molar refractivity (Wildman–Crippen MR) is 116 cm³/mol. The standard InChI is InChI=1S/C25H28N2O2/c28-25(29)8-7-19-5-4-6-20(13-19)14-23-16-21(18-27-11-2-1-3-12-27)15-22-9-10-26-17-24(22)23/h4-6,9-10,13,15-17H,1-3,7-8,11-12,14,18H2,(H,28,29). The van der Waals surface area contributed by atoms with Crippen molar-refractivity contribution >= 4 is 16.7 Å². The van der Waals surface area contributed by atoms with Crippen molar-refractivity contribution in [3.8, 4) is 0 Å². The number of hydrogen-bond acceptors (Lipinski definition) is 3. The van der Waals surface area contributed by atoms with Crippen LogP contribution in [0, 0.1) is 0 Å². The Labute approximate surface area is 172 Å². The molecule has 4 rings (SSSR count). The van der Waals surface area contributed by atoms with Crippen molar-refractivity contribution in [1.82, 2.24) is 9.88 Å². The maximum absolute atomic E-state index is 10.9. The molecule has 0 atom stereocenters. The summed E-state index contributed by atoms with van der Waals surface area (Å²) in [6, 6.07) is 15.1. The number of nitrogens with zero attached hydrogens (tertiary/aromatic N) is 2. The van der Waals surface area contributed by atoms with E-state index in [-0.39, 0.29) is 6.42 Å². The largest absolute Gasteiger partial charge is 0.481 e. The summed E-state index contributed by atoms with van der Waals surface area (Å²) in [4.78, 5) is 17.8. The highest BCUT2D eigenvalue weighted by molar-refractivity contribution is 5.86. The molecule has 3 aromatic rings. The number of hydrogen-bond donors (Lipinski definition) is 1. The van der Waals surface area contributed by atoms with Gasteiger partial charge in [-0.3, -0.25) is 14.7 Å². The Hall–Kier alpha value is -2.72. The lowest BCUT2D eigenvalue weighted by atomic mass is 9.95. The van der Waals surface area contributed by atoms with E-state index in [9.17, 15) is 4.79 Å². The van der Waals surface area contributed by atoms with Gasteiger partial charge in [-0.2, -0.15) is 0 Å². The topological polar surface area (TPSA) is 53.4 Å². The number of piperidine rings is 1. The number of aliphatic carboxylic acids is 1. The summed E-state index contributed by atoms with van der Waals surface area (Å²) in [5, 5.41) is 11.4. The van der Waals surface area contributed by atoms with E-state index in [1.165, 1.54) is 59.8 Å². The summed E-state index contributed by atoms with van der Waals surface area (Å²) in [5.74, 6) is -0.752. The van der Waals surface area contributed by atoms with Gasteiger partial charge in [-0.1, -0.05) is 36.8 Å². The lowest BCUT2D eigenvalue weighted by Gasteiger charge is -2.26. The second-order valence-corrected chi connectivity index (χ2v) is 8.08. The van der Waals surface area contributed by atoms with Crippen LogP contribution < -0.4 is 0 Å². The van der Waals surface area contributed by atoms with E-state index >= 15 is 0 Å². The monoisotopic (exact) mass is 388 g/mol. The summed E-state index contributed by atoms with van der Waals surface area (Å²) >= 11 is 0. The molecular weight excluding hydrogens is 360 g/mol. The number of fused-ring (bicyclic) bond motifs is 1. The number of likely N-dealkylation sites (tertiary alicyclic amines) is 1. The van der Waals surface area contributed by atoms with E-state index in [2.05, 4.69) is 40.2 Å². The zero-order valence-electron chi connectivity index (χ0n) is 16.8. The van der Waals surface area contributed by atoms with Crippen molar-refractivity contribution in [2.24, 2.45) is 0 Å². The van der Waals surface area contributed by atoms with Gasteiger partial charge in [0.1, 0.15) is 0 Å². The summed E-state index contributed by atoms with van der Waals surface area (Å²) in [6.07, 6.45) is 9.34. The lowest BCUT2D eigenvalue weighted by Crippen LogP contribution is -2.29. The van der Waals surface area contributed by atoms with Gasteiger partial charge in [0.15, 0.2) is 0 Å². The fourth-order valence-electron chi connectivity index (χ4n) is 4.32. The molecule has 0 spiro atoms. The molecule has 1 N–H and O–H groups in total. The average molecular weight is 389 g/mol. The van der Waals surface area contributed by atoms with E-state index in [0.29, 0.717) is 6.42 Å². The van der Waals surface area contributed by atoms with E-state index in [1.807, 2.05) is 24.5 Å².